The van der Waals surface area contributed by atoms with Gasteiger partial charge in [-0.2, -0.15) is 0 Å². The molecular formula is C15H17N3OS. The molecule has 1 aliphatic rings. The third-order valence-corrected chi connectivity index (χ3v) is 4.32. The van der Waals surface area contributed by atoms with E-state index in [-0.39, 0.29) is 5.91 Å². The topological polar surface area (TPSA) is 36.4 Å². The van der Waals surface area contributed by atoms with Crippen molar-refractivity contribution in [3.63, 3.8) is 0 Å². The van der Waals surface area contributed by atoms with Crippen LogP contribution in [0, 0.1) is 6.92 Å². The lowest BCUT2D eigenvalue weighted by Gasteiger charge is -2.36. The highest BCUT2D eigenvalue weighted by molar-refractivity contribution is 7.08. The molecule has 3 rings (SSSR count). The standard InChI is InChI=1S/C15H17N3OS/c1-12-3-2-4-13(11-12)17-7-9-18(10-8-17)15(19)14-5-6-16-20-14/h2-6,11H,7-10H2,1H3. The Bertz CT molecular complexity index is 589. The lowest BCUT2D eigenvalue weighted by Crippen LogP contribution is -2.48. The fraction of sp³-hybridized carbons (Fsp3) is 0.333. The van der Waals surface area contributed by atoms with Crippen molar-refractivity contribution in [2.24, 2.45) is 0 Å². The Hall–Kier alpha value is -1.88. The molecule has 0 bridgehead atoms. The molecule has 0 atom stereocenters. The number of hydrogen-bond donors (Lipinski definition) is 0. The second-order valence-electron chi connectivity index (χ2n) is 4.99. The van der Waals surface area contributed by atoms with E-state index in [2.05, 4.69) is 40.5 Å². The van der Waals surface area contributed by atoms with Gasteiger partial charge in [0.1, 0.15) is 4.88 Å². The van der Waals surface area contributed by atoms with Gasteiger partial charge in [0.25, 0.3) is 5.91 Å². The maximum Gasteiger partial charge on any atom is 0.265 e. The zero-order chi connectivity index (χ0) is 13.9. The van der Waals surface area contributed by atoms with E-state index in [1.807, 2.05) is 4.90 Å². The average molecular weight is 287 g/mol. The van der Waals surface area contributed by atoms with Gasteiger partial charge < -0.3 is 9.80 Å². The quantitative estimate of drug-likeness (QED) is 0.851. The number of piperazine rings is 1. The number of aromatic nitrogens is 1. The van der Waals surface area contributed by atoms with Crippen LogP contribution in [0.2, 0.25) is 0 Å². The maximum absolute atomic E-state index is 12.2. The van der Waals surface area contributed by atoms with Crippen molar-refractivity contribution in [1.29, 1.82) is 0 Å². The number of aryl methyl sites for hydroxylation is 1. The molecule has 5 heteroatoms. The van der Waals surface area contributed by atoms with Crippen LogP contribution in [0.15, 0.2) is 36.5 Å². The molecule has 1 aliphatic heterocycles. The zero-order valence-corrected chi connectivity index (χ0v) is 12.3. The van der Waals surface area contributed by atoms with Gasteiger partial charge in [-0.25, -0.2) is 4.37 Å². The van der Waals surface area contributed by atoms with Crippen LogP contribution in [0.3, 0.4) is 0 Å². The van der Waals surface area contributed by atoms with Crippen LogP contribution in [0.25, 0.3) is 0 Å². The maximum atomic E-state index is 12.2. The minimum Gasteiger partial charge on any atom is -0.368 e. The Labute approximate surface area is 122 Å². The van der Waals surface area contributed by atoms with Gasteiger partial charge in [-0.15, -0.1) is 0 Å². The number of benzene rings is 1. The lowest BCUT2D eigenvalue weighted by atomic mass is 10.2. The van der Waals surface area contributed by atoms with E-state index < -0.39 is 0 Å². The first-order valence-electron chi connectivity index (χ1n) is 6.75. The van der Waals surface area contributed by atoms with Crippen LogP contribution in [-0.2, 0) is 0 Å². The van der Waals surface area contributed by atoms with Gasteiger partial charge >= 0.3 is 0 Å². The second-order valence-corrected chi connectivity index (χ2v) is 5.83. The van der Waals surface area contributed by atoms with Gasteiger partial charge in [-0.05, 0) is 42.2 Å². The Morgan fingerprint density at radius 2 is 2.00 bits per heavy atom. The molecule has 0 saturated carbocycles. The molecule has 1 aromatic carbocycles. The molecular weight excluding hydrogens is 270 g/mol. The molecule has 20 heavy (non-hydrogen) atoms. The summed E-state index contributed by atoms with van der Waals surface area (Å²) in [5, 5.41) is 0. The number of rotatable bonds is 2. The van der Waals surface area contributed by atoms with Crippen molar-refractivity contribution in [3.05, 3.63) is 47.0 Å². The van der Waals surface area contributed by atoms with Gasteiger partial charge in [0.05, 0.1) is 0 Å². The van der Waals surface area contributed by atoms with Gasteiger partial charge in [-0.3, -0.25) is 4.79 Å². The third-order valence-electron chi connectivity index (χ3n) is 3.58. The first-order chi connectivity index (χ1) is 9.74. The molecule has 0 N–H and O–H groups in total. The van der Waals surface area contributed by atoms with E-state index in [1.165, 1.54) is 22.8 Å². The number of hydrogen-bond acceptors (Lipinski definition) is 4. The smallest absolute Gasteiger partial charge is 0.265 e. The Kier molecular flexibility index (Phi) is 3.69. The molecule has 1 amide bonds. The van der Waals surface area contributed by atoms with E-state index in [9.17, 15) is 4.79 Å². The number of amides is 1. The average Bonchev–Trinajstić information content (AvgIpc) is 3.01. The van der Waals surface area contributed by atoms with Crippen molar-refractivity contribution in [2.45, 2.75) is 6.92 Å². The van der Waals surface area contributed by atoms with Gasteiger partial charge in [0, 0.05) is 38.1 Å². The molecule has 2 aromatic rings. The molecule has 2 heterocycles. The van der Waals surface area contributed by atoms with Crippen molar-refractivity contribution in [2.75, 3.05) is 31.1 Å². The van der Waals surface area contributed by atoms with Gasteiger partial charge in [0.15, 0.2) is 0 Å². The highest BCUT2D eigenvalue weighted by Crippen LogP contribution is 2.19. The fourth-order valence-electron chi connectivity index (χ4n) is 2.47. The summed E-state index contributed by atoms with van der Waals surface area (Å²) in [6, 6.07) is 10.3. The summed E-state index contributed by atoms with van der Waals surface area (Å²) in [6.45, 7) is 5.41. The summed E-state index contributed by atoms with van der Waals surface area (Å²) >= 11 is 1.27. The number of nitrogens with zero attached hydrogens (tertiary/aromatic N) is 3. The van der Waals surface area contributed by atoms with Crippen molar-refractivity contribution >= 4 is 23.1 Å². The minimum absolute atomic E-state index is 0.108. The van der Waals surface area contributed by atoms with E-state index in [4.69, 9.17) is 0 Å². The second kappa shape index (κ2) is 5.63. The van der Waals surface area contributed by atoms with Crippen LogP contribution >= 0.6 is 11.5 Å². The number of anilines is 1. The lowest BCUT2D eigenvalue weighted by molar-refractivity contribution is 0.0751. The van der Waals surface area contributed by atoms with E-state index in [0.29, 0.717) is 0 Å². The van der Waals surface area contributed by atoms with Crippen LogP contribution in [-0.4, -0.2) is 41.4 Å². The normalized spacial score (nSPS) is 15.4. The van der Waals surface area contributed by atoms with Crippen LogP contribution in [0.5, 0.6) is 0 Å². The SMILES string of the molecule is Cc1cccc(N2CCN(C(=O)c3ccns3)CC2)c1. The summed E-state index contributed by atoms with van der Waals surface area (Å²) < 4.78 is 3.99. The molecule has 104 valence electrons. The van der Waals surface area contributed by atoms with Gasteiger partial charge in [0.2, 0.25) is 0 Å². The predicted octanol–water partition coefficient (Wildman–Crippen LogP) is 2.41. The Morgan fingerprint density at radius 3 is 2.65 bits per heavy atom. The summed E-state index contributed by atoms with van der Waals surface area (Å²) in [6.07, 6.45) is 1.68. The van der Waals surface area contributed by atoms with Crippen molar-refractivity contribution in [1.82, 2.24) is 9.27 Å². The largest absolute Gasteiger partial charge is 0.368 e. The summed E-state index contributed by atoms with van der Waals surface area (Å²) in [5.41, 5.74) is 2.51. The number of carbonyl (C=O) groups is 1. The molecule has 0 spiro atoms. The first-order valence-corrected chi connectivity index (χ1v) is 7.53. The van der Waals surface area contributed by atoms with E-state index in [1.54, 1.807) is 12.3 Å². The Balaban J connectivity index is 1.64. The highest BCUT2D eigenvalue weighted by Gasteiger charge is 2.23. The molecule has 4 nitrogen and oxygen atoms in total. The van der Waals surface area contributed by atoms with Crippen molar-refractivity contribution < 1.29 is 4.79 Å². The molecule has 0 aliphatic carbocycles. The van der Waals surface area contributed by atoms with Crippen LogP contribution in [0.1, 0.15) is 15.2 Å². The molecule has 0 radical (unpaired) electrons. The number of carbonyl (C=O) groups excluding carboxylic acids is 1. The Morgan fingerprint density at radius 1 is 1.20 bits per heavy atom. The van der Waals surface area contributed by atoms with E-state index >= 15 is 0 Å². The summed E-state index contributed by atoms with van der Waals surface area (Å²) in [7, 11) is 0. The first kappa shape index (κ1) is 13.1. The predicted molar refractivity (Wildman–Crippen MR) is 81.4 cm³/mol. The zero-order valence-electron chi connectivity index (χ0n) is 11.5. The summed E-state index contributed by atoms with van der Waals surface area (Å²) in [5.74, 6) is 0.108. The summed E-state index contributed by atoms with van der Waals surface area (Å²) in [4.78, 5) is 17.2. The fourth-order valence-corrected chi connectivity index (χ4v) is 3.04. The molecule has 1 fully saturated rings. The molecule has 0 unspecified atom stereocenters. The molecule has 1 aromatic heterocycles. The monoisotopic (exact) mass is 287 g/mol. The van der Waals surface area contributed by atoms with E-state index in [0.717, 1.165) is 31.1 Å². The highest BCUT2D eigenvalue weighted by atomic mass is 32.1. The van der Waals surface area contributed by atoms with Gasteiger partial charge in [-0.1, -0.05) is 12.1 Å². The van der Waals surface area contributed by atoms with Crippen LogP contribution < -0.4 is 4.90 Å². The minimum atomic E-state index is 0.108. The van der Waals surface area contributed by atoms with Crippen LogP contribution in [0.4, 0.5) is 5.69 Å². The third kappa shape index (κ3) is 2.67. The molecule has 1 saturated heterocycles. The van der Waals surface area contributed by atoms with Crippen molar-refractivity contribution in [3.8, 4) is 0 Å².